The van der Waals surface area contributed by atoms with Gasteiger partial charge in [-0.2, -0.15) is 0 Å². The summed E-state index contributed by atoms with van der Waals surface area (Å²) in [6.07, 6.45) is 0. The summed E-state index contributed by atoms with van der Waals surface area (Å²) in [5.41, 5.74) is -0.614. The highest BCUT2D eigenvalue weighted by Crippen LogP contribution is 2.28. The molecule has 0 saturated heterocycles. The number of primary sulfonamides is 1. The highest BCUT2D eigenvalue weighted by Gasteiger charge is 2.24. The zero-order valence-corrected chi connectivity index (χ0v) is 14.9. The lowest BCUT2D eigenvalue weighted by molar-refractivity contribution is 0.0820. The van der Waals surface area contributed by atoms with Gasteiger partial charge < -0.3 is 10.1 Å². The standard InChI is InChI=1S/C12H16BrClN2O4S/c1-12(2,6-20-3)16-11(17)7-4-10(21(15,18)19)8(13)5-9(7)14/h4-5H,6H2,1-3H3,(H,16,17)(H2,15,18,19). The molecule has 9 heteroatoms. The molecule has 0 radical (unpaired) electrons. The van der Waals surface area contributed by atoms with Gasteiger partial charge in [-0.1, -0.05) is 11.6 Å². The lowest BCUT2D eigenvalue weighted by atomic mass is 10.1. The Morgan fingerprint density at radius 2 is 2.05 bits per heavy atom. The van der Waals surface area contributed by atoms with Gasteiger partial charge in [0.15, 0.2) is 0 Å². The maximum Gasteiger partial charge on any atom is 0.253 e. The fourth-order valence-electron chi connectivity index (χ4n) is 1.69. The van der Waals surface area contributed by atoms with Crippen molar-refractivity contribution in [3.63, 3.8) is 0 Å². The molecule has 0 unspecified atom stereocenters. The van der Waals surface area contributed by atoms with Crippen molar-refractivity contribution in [3.05, 3.63) is 27.2 Å². The molecule has 1 aromatic carbocycles. The molecule has 0 spiro atoms. The van der Waals surface area contributed by atoms with E-state index in [1.165, 1.54) is 13.2 Å². The van der Waals surface area contributed by atoms with Crippen LogP contribution in [-0.2, 0) is 14.8 Å². The molecule has 6 nitrogen and oxygen atoms in total. The average Bonchev–Trinajstić information content (AvgIpc) is 2.25. The number of methoxy groups -OCH3 is 1. The Hall–Kier alpha value is -0.670. The van der Waals surface area contributed by atoms with Crippen molar-refractivity contribution in [2.45, 2.75) is 24.3 Å². The van der Waals surface area contributed by atoms with E-state index in [-0.39, 0.29) is 26.6 Å². The lowest BCUT2D eigenvalue weighted by Crippen LogP contribution is -2.46. The molecule has 0 bridgehead atoms. The van der Waals surface area contributed by atoms with Gasteiger partial charge in [-0.3, -0.25) is 4.79 Å². The summed E-state index contributed by atoms with van der Waals surface area (Å²) in [5.74, 6) is -0.514. The van der Waals surface area contributed by atoms with Crippen molar-refractivity contribution in [1.29, 1.82) is 0 Å². The first-order valence-corrected chi connectivity index (χ1v) is 8.53. The van der Waals surface area contributed by atoms with Crippen molar-refractivity contribution in [1.82, 2.24) is 5.32 Å². The second-order valence-electron chi connectivity index (χ2n) is 5.08. The number of nitrogens with two attached hydrogens (primary N) is 1. The first-order chi connectivity index (χ1) is 9.48. The minimum Gasteiger partial charge on any atom is -0.382 e. The van der Waals surface area contributed by atoms with Gasteiger partial charge in [0.25, 0.3) is 5.91 Å². The monoisotopic (exact) mass is 398 g/mol. The van der Waals surface area contributed by atoms with E-state index >= 15 is 0 Å². The SMILES string of the molecule is COCC(C)(C)NC(=O)c1cc(S(N)(=O)=O)c(Br)cc1Cl. The summed E-state index contributed by atoms with van der Waals surface area (Å²) in [6, 6.07) is 2.46. The molecule has 0 aromatic heterocycles. The molecule has 118 valence electrons. The smallest absolute Gasteiger partial charge is 0.253 e. The fourth-order valence-corrected chi connectivity index (χ4v) is 3.71. The van der Waals surface area contributed by atoms with E-state index in [0.717, 1.165) is 6.07 Å². The van der Waals surface area contributed by atoms with Gasteiger partial charge in [-0.05, 0) is 41.9 Å². The van der Waals surface area contributed by atoms with Crippen LogP contribution in [0.15, 0.2) is 21.5 Å². The van der Waals surface area contributed by atoms with Gasteiger partial charge in [-0.25, -0.2) is 13.6 Å². The number of benzene rings is 1. The van der Waals surface area contributed by atoms with Crippen LogP contribution in [0.3, 0.4) is 0 Å². The third-order valence-corrected chi connectivity index (χ3v) is 4.71. The number of rotatable bonds is 5. The van der Waals surface area contributed by atoms with Gasteiger partial charge in [0.1, 0.15) is 0 Å². The number of halogens is 2. The number of sulfonamides is 1. The highest BCUT2D eigenvalue weighted by atomic mass is 79.9. The molecule has 1 rings (SSSR count). The van der Waals surface area contributed by atoms with Gasteiger partial charge in [0, 0.05) is 11.6 Å². The molecule has 0 heterocycles. The Bertz CT molecular complexity index is 661. The summed E-state index contributed by atoms with van der Waals surface area (Å²) in [6.45, 7) is 3.82. The molecule has 1 aromatic rings. The van der Waals surface area contributed by atoms with Crippen LogP contribution in [0.2, 0.25) is 5.02 Å². The van der Waals surface area contributed by atoms with E-state index in [0.29, 0.717) is 0 Å². The van der Waals surface area contributed by atoms with Crippen LogP contribution in [0.4, 0.5) is 0 Å². The second-order valence-corrected chi connectivity index (χ2v) is 7.87. The Kier molecular flexibility index (Phi) is 5.79. The summed E-state index contributed by atoms with van der Waals surface area (Å²) in [5, 5.41) is 7.92. The van der Waals surface area contributed by atoms with Crippen LogP contribution < -0.4 is 10.5 Å². The maximum atomic E-state index is 12.2. The fraction of sp³-hybridized carbons (Fsp3) is 0.417. The number of hydrogen-bond donors (Lipinski definition) is 2. The number of hydrogen-bond acceptors (Lipinski definition) is 4. The van der Waals surface area contributed by atoms with E-state index in [1.54, 1.807) is 13.8 Å². The molecule has 0 atom stereocenters. The average molecular weight is 400 g/mol. The minimum absolute atomic E-state index is 0.0214. The highest BCUT2D eigenvalue weighted by molar-refractivity contribution is 9.10. The first-order valence-electron chi connectivity index (χ1n) is 5.81. The molecular formula is C12H16BrClN2O4S. The van der Waals surface area contributed by atoms with Crippen LogP contribution in [0.5, 0.6) is 0 Å². The van der Waals surface area contributed by atoms with Crippen molar-refractivity contribution in [2.24, 2.45) is 5.14 Å². The van der Waals surface area contributed by atoms with Crippen molar-refractivity contribution in [3.8, 4) is 0 Å². The van der Waals surface area contributed by atoms with E-state index in [4.69, 9.17) is 21.5 Å². The topological polar surface area (TPSA) is 98.5 Å². The minimum atomic E-state index is -3.97. The number of amides is 1. The van der Waals surface area contributed by atoms with E-state index in [9.17, 15) is 13.2 Å². The predicted octanol–water partition coefficient (Wildman–Crippen LogP) is 1.90. The third kappa shape index (κ3) is 4.93. The van der Waals surface area contributed by atoms with E-state index in [2.05, 4.69) is 21.2 Å². The zero-order valence-electron chi connectivity index (χ0n) is 11.7. The Balaban J connectivity index is 3.22. The third-order valence-electron chi connectivity index (χ3n) is 2.53. The quantitative estimate of drug-likeness (QED) is 0.790. The Morgan fingerprint density at radius 3 is 2.52 bits per heavy atom. The van der Waals surface area contributed by atoms with Crippen LogP contribution >= 0.6 is 27.5 Å². The Labute approximate surface area is 137 Å². The molecular weight excluding hydrogens is 384 g/mol. The van der Waals surface area contributed by atoms with Crippen molar-refractivity contribution in [2.75, 3.05) is 13.7 Å². The summed E-state index contributed by atoms with van der Waals surface area (Å²) in [4.78, 5) is 12.0. The lowest BCUT2D eigenvalue weighted by Gasteiger charge is -2.25. The van der Waals surface area contributed by atoms with Crippen LogP contribution in [0.1, 0.15) is 24.2 Å². The van der Waals surface area contributed by atoms with Crippen LogP contribution in [0.25, 0.3) is 0 Å². The van der Waals surface area contributed by atoms with Gasteiger partial charge >= 0.3 is 0 Å². The van der Waals surface area contributed by atoms with E-state index in [1.807, 2.05) is 0 Å². The number of carbonyl (C=O) groups excluding carboxylic acids is 1. The summed E-state index contributed by atoms with van der Waals surface area (Å²) < 4.78 is 28.2. The molecule has 0 aliphatic rings. The molecule has 0 fully saturated rings. The van der Waals surface area contributed by atoms with Crippen molar-refractivity contribution >= 4 is 43.5 Å². The normalized spacial score (nSPS) is 12.3. The molecule has 0 aliphatic carbocycles. The van der Waals surface area contributed by atoms with Crippen molar-refractivity contribution < 1.29 is 17.9 Å². The molecule has 21 heavy (non-hydrogen) atoms. The molecule has 1 amide bonds. The van der Waals surface area contributed by atoms with Gasteiger partial charge in [0.2, 0.25) is 10.0 Å². The second kappa shape index (κ2) is 6.62. The predicted molar refractivity (Wildman–Crippen MR) is 83.9 cm³/mol. The van der Waals surface area contributed by atoms with Gasteiger partial charge in [-0.15, -0.1) is 0 Å². The van der Waals surface area contributed by atoms with Crippen LogP contribution in [0, 0.1) is 0 Å². The maximum absolute atomic E-state index is 12.2. The van der Waals surface area contributed by atoms with E-state index < -0.39 is 21.5 Å². The molecule has 0 saturated carbocycles. The first kappa shape index (κ1) is 18.4. The Morgan fingerprint density at radius 1 is 1.48 bits per heavy atom. The zero-order chi connectivity index (χ0) is 16.4. The van der Waals surface area contributed by atoms with Gasteiger partial charge in [0.05, 0.1) is 27.6 Å². The summed E-state index contributed by atoms with van der Waals surface area (Å²) >= 11 is 9.05. The number of nitrogens with one attached hydrogen (secondary N) is 1. The number of ether oxygens (including phenoxy) is 1. The van der Waals surface area contributed by atoms with Crippen LogP contribution in [-0.4, -0.2) is 33.6 Å². The summed E-state index contributed by atoms with van der Waals surface area (Å²) in [7, 11) is -2.46. The molecule has 3 N–H and O–H groups in total. The molecule has 0 aliphatic heterocycles. The number of carbonyl (C=O) groups is 1. The largest absolute Gasteiger partial charge is 0.382 e.